The minimum atomic E-state index is -0.285. The molecule has 0 spiro atoms. The number of hydrogen-bond donors (Lipinski definition) is 1. The number of ether oxygens (including phenoxy) is 1. The number of hydrogen-bond acceptors (Lipinski definition) is 2. The van der Waals surface area contributed by atoms with Crippen LogP contribution in [0.15, 0.2) is 30.3 Å². The molecule has 1 aromatic carbocycles. The molecule has 106 valence electrons. The maximum atomic E-state index is 11.7. The molecule has 0 saturated carbocycles. The van der Waals surface area contributed by atoms with Gasteiger partial charge in [0.25, 0.3) is 0 Å². The Labute approximate surface area is 116 Å². The van der Waals surface area contributed by atoms with Crippen molar-refractivity contribution < 1.29 is 9.53 Å². The standard InChI is InChI=1S/C16H25NO2/c1-15(2,3)19-11-14(18)17-12-16(4,5)13-9-7-6-8-10-13/h6-10H,11-12H2,1-5H3,(H,17,18). The molecule has 0 saturated heterocycles. The zero-order valence-electron chi connectivity index (χ0n) is 12.6. The molecule has 19 heavy (non-hydrogen) atoms. The molecule has 0 aromatic heterocycles. The first-order chi connectivity index (χ1) is 8.71. The highest BCUT2D eigenvalue weighted by atomic mass is 16.5. The van der Waals surface area contributed by atoms with Crippen LogP contribution in [0.3, 0.4) is 0 Å². The molecule has 0 aliphatic heterocycles. The summed E-state index contributed by atoms with van der Waals surface area (Å²) >= 11 is 0. The topological polar surface area (TPSA) is 38.3 Å². The second kappa shape index (κ2) is 6.20. The molecular formula is C16H25NO2. The van der Waals surface area contributed by atoms with Crippen molar-refractivity contribution in [2.45, 2.75) is 45.6 Å². The van der Waals surface area contributed by atoms with Gasteiger partial charge in [-0.15, -0.1) is 0 Å². The second-order valence-corrected chi connectivity index (χ2v) is 6.43. The molecule has 0 bridgehead atoms. The Morgan fingerprint density at radius 1 is 1.11 bits per heavy atom. The van der Waals surface area contributed by atoms with Gasteiger partial charge in [-0.05, 0) is 26.3 Å². The molecule has 0 radical (unpaired) electrons. The predicted octanol–water partition coefficient (Wildman–Crippen LogP) is 2.90. The fourth-order valence-corrected chi connectivity index (χ4v) is 1.64. The highest BCUT2D eigenvalue weighted by molar-refractivity contribution is 5.77. The van der Waals surface area contributed by atoms with Crippen LogP contribution in [0.25, 0.3) is 0 Å². The highest BCUT2D eigenvalue weighted by Crippen LogP contribution is 2.21. The van der Waals surface area contributed by atoms with Crippen LogP contribution in [0, 0.1) is 0 Å². The second-order valence-electron chi connectivity index (χ2n) is 6.43. The van der Waals surface area contributed by atoms with E-state index in [4.69, 9.17) is 4.74 Å². The Balaban J connectivity index is 2.45. The van der Waals surface area contributed by atoms with Crippen LogP contribution < -0.4 is 5.32 Å². The monoisotopic (exact) mass is 263 g/mol. The summed E-state index contributed by atoms with van der Waals surface area (Å²) in [5.41, 5.74) is 0.845. The average Bonchev–Trinajstić information content (AvgIpc) is 2.34. The van der Waals surface area contributed by atoms with Crippen LogP contribution in [0.5, 0.6) is 0 Å². The van der Waals surface area contributed by atoms with Crippen molar-refractivity contribution in [1.29, 1.82) is 0 Å². The Morgan fingerprint density at radius 2 is 1.68 bits per heavy atom. The van der Waals surface area contributed by atoms with Crippen LogP contribution in [-0.2, 0) is 14.9 Å². The quantitative estimate of drug-likeness (QED) is 0.887. The molecule has 1 aromatic rings. The van der Waals surface area contributed by atoms with E-state index in [1.54, 1.807) is 0 Å². The van der Waals surface area contributed by atoms with E-state index < -0.39 is 0 Å². The lowest BCUT2D eigenvalue weighted by molar-refractivity contribution is -0.130. The van der Waals surface area contributed by atoms with E-state index in [-0.39, 0.29) is 23.5 Å². The molecule has 3 heteroatoms. The summed E-state index contributed by atoms with van der Waals surface area (Å²) in [5, 5.41) is 2.93. The molecule has 0 unspecified atom stereocenters. The lowest BCUT2D eigenvalue weighted by Gasteiger charge is -2.26. The van der Waals surface area contributed by atoms with E-state index in [1.165, 1.54) is 5.56 Å². The zero-order valence-corrected chi connectivity index (χ0v) is 12.6. The van der Waals surface area contributed by atoms with Gasteiger partial charge in [-0.25, -0.2) is 0 Å². The van der Waals surface area contributed by atoms with Crippen molar-refractivity contribution in [2.75, 3.05) is 13.2 Å². The van der Waals surface area contributed by atoms with Gasteiger partial charge in [-0.2, -0.15) is 0 Å². The van der Waals surface area contributed by atoms with Gasteiger partial charge >= 0.3 is 0 Å². The molecule has 1 N–H and O–H groups in total. The van der Waals surface area contributed by atoms with Crippen molar-refractivity contribution in [3.05, 3.63) is 35.9 Å². The van der Waals surface area contributed by atoms with Crippen molar-refractivity contribution in [2.24, 2.45) is 0 Å². The molecule has 0 atom stereocenters. The molecule has 0 aliphatic carbocycles. The van der Waals surface area contributed by atoms with Crippen LogP contribution in [0.2, 0.25) is 0 Å². The molecule has 3 nitrogen and oxygen atoms in total. The lowest BCUT2D eigenvalue weighted by Crippen LogP contribution is -2.39. The zero-order chi connectivity index (χ0) is 14.5. The van der Waals surface area contributed by atoms with Gasteiger partial charge in [0.1, 0.15) is 6.61 Å². The van der Waals surface area contributed by atoms with Crippen molar-refractivity contribution in [3.63, 3.8) is 0 Å². The molecule has 0 heterocycles. The van der Waals surface area contributed by atoms with E-state index in [9.17, 15) is 4.79 Å². The van der Waals surface area contributed by atoms with E-state index in [0.717, 1.165) is 0 Å². The summed E-state index contributed by atoms with van der Waals surface area (Å²) in [4.78, 5) is 11.7. The molecular weight excluding hydrogens is 238 g/mol. The Morgan fingerprint density at radius 3 is 2.21 bits per heavy atom. The molecule has 0 aliphatic rings. The number of benzene rings is 1. The van der Waals surface area contributed by atoms with Crippen molar-refractivity contribution in [3.8, 4) is 0 Å². The van der Waals surface area contributed by atoms with Crippen LogP contribution in [0.1, 0.15) is 40.2 Å². The summed E-state index contributed by atoms with van der Waals surface area (Å²) < 4.78 is 5.45. The molecule has 0 fully saturated rings. The third-order valence-corrected chi connectivity index (χ3v) is 2.92. The third-order valence-electron chi connectivity index (χ3n) is 2.92. The number of amides is 1. The van der Waals surface area contributed by atoms with Crippen LogP contribution >= 0.6 is 0 Å². The van der Waals surface area contributed by atoms with Gasteiger partial charge in [-0.3, -0.25) is 4.79 Å². The van der Waals surface area contributed by atoms with Crippen molar-refractivity contribution >= 4 is 5.91 Å². The number of carbonyl (C=O) groups is 1. The summed E-state index contributed by atoms with van der Waals surface area (Å²) in [6.45, 7) is 10.8. The minimum absolute atomic E-state index is 0.0704. The first-order valence-corrected chi connectivity index (χ1v) is 6.67. The van der Waals surface area contributed by atoms with E-state index in [0.29, 0.717) is 6.54 Å². The fourth-order valence-electron chi connectivity index (χ4n) is 1.64. The SMILES string of the molecule is CC(C)(C)OCC(=O)NCC(C)(C)c1ccccc1. The van der Waals surface area contributed by atoms with E-state index in [2.05, 4.69) is 31.3 Å². The molecule has 1 rings (SSSR count). The Kier molecular flexibility index (Phi) is 5.12. The summed E-state index contributed by atoms with van der Waals surface area (Å²) in [6.07, 6.45) is 0. The van der Waals surface area contributed by atoms with Gasteiger partial charge in [0.15, 0.2) is 0 Å². The van der Waals surface area contributed by atoms with E-state index >= 15 is 0 Å². The van der Waals surface area contributed by atoms with E-state index in [1.807, 2.05) is 39.0 Å². The highest BCUT2D eigenvalue weighted by Gasteiger charge is 2.21. The lowest BCUT2D eigenvalue weighted by atomic mass is 9.84. The normalized spacial score (nSPS) is 12.3. The van der Waals surface area contributed by atoms with Gasteiger partial charge < -0.3 is 10.1 Å². The maximum absolute atomic E-state index is 11.7. The number of carbonyl (C=O) groups excluding carboxylic acids is 1. The minimum Gasteiger partial charge on any atom is -0.366 e. The third kappa shape index (κ3) is 5.88. The fraction of sp³-hybridized carbons (Fsp3) is 0.562. The average molecular weight is 263 g/mol. The summed E-state index contributed by atoms with van der Waals surface area (Å²) in [6, 6.07) is 10.2. The van der Waals surface area contributed by atoms with Gasteiger partial charge in [0.2, 0.25) is 5.91 Å². The van der Waals surface area contributed by atoms with Gasteiger partial charge in [0, 0.05) is 12.0 Å². The Bertz CT molecular complexity index is 405. The van der Waals surface area contributed by atoms with Gasteiger partial charge in [-0.1, -0.05) is 44.2 Å². The summed E-state index contributed by atoms with van der Waals surface area (Å²) in [5.74, 6) is -0.0704. The Hall–Kier alpha value is -1.35. The largest absolute Gasteiger partial charge is 0.366 e. The first-order valence-electron chi connectivity index (χ1n) is 6.67. The van der Waals surface area contributed by atoms with Crippen LogP contribution in [0.4, 0.5) is 0 Å². The number of nitrogens with one attached hydrogen (secondary N) is 1. The molecule has 1 amide bonds. The summed E-state index contributed by atoms with van der Waals surface area (Å²) in [7, 11) is 0. The van der Waals surface area contributed by atoms with Crippen molar-refractivity contribution in [1.82, 2.24) is 5.32 Å². The smallest absolute Gasteiger partial charge is 0.246 e. The predicted molar refractivity (Wildman–Crippen MR) is 78.2 cm³/mol. The first kappa shape index (κ1) is 15.7. The maximum Gasteiger partial charge on any atom is 0.246 e. The number of rotatable bonds is 5. The van der Waals surface area contributed by atoms with Crippen LogP contribution in [-0.4, -0.2) is 24.7 Å². The van der Waals surface area contributed by atoms with Gasteiger partial charge in [0.05, 0.1) is 5.60 Å².